The van der Waals surface area contributed by atoms with Gasteiger partial charge in [-0.25, -0.2) is 0 Å². The van der Waals surface area contributed by atoms with E-state index in [-0.39, 0.29) is 6.04 Å². The fourth-order valence-electron chi connectivity index (χ4n) is 4.26. The predicted molar refractivity (Wildman–Crippen MR) is 146 cm³/mol. The number of allylic oxidation sites excluding steroid dienone is 1. The van der Waals surface area contributed by atoms with Crippen molar-refractivity contribution >= 4 is 46.3 Å². The second kappa shape index (κ2) is 10.2. The fraction of sp³-hybridized carbons (Fsp3) is 0.0667. The number of rotatable bonds is 5. The summed E-state index contributed by atoms with van der Waals surface area (Å²) in [5.74, 6) is 0. The van der Waals surface area contributed by atoms with Gasteiger partial charge in [-0.15, -0.1) is 0 Å². The molecule has 4 aromatic rings. The van der Waals surface area contributed by atoms with Gasteiger partial charge in [0, 0.05) is 17.0 Å². The minimum absolute atomic E-state index is 0.107. The first-order valence-corrected chi connectivity index (χ1v) is 12.0. The molecule has 0 radical (unpaired) electrons. The number of anilines is 1. The summed E-state index contributed by atoms with van der Waals surface area (Å²) in [5, 5.41) is 17.8. The SMILES string of the molecule is N#C/C(=C\c1ccc(N2N=C(c3ccccc3)CC2c2ccccc2)cc1)c1ccc(Cl)cc1Cl. The number of hydrogen-bond acceptors (Lipinski definition) is 3. The van der Waals surface area contributed by atoms with Crippen LogP contribution in [-0.2, 0) is 0 Å². The monoisotopic (exact) mass is 493 g/mol. The Labute approximate surface area is 215 Å². The van der Waals surface area contributed by atoms with E-state index in [4.69, 9.17) is 28.3 Å². The smallest absolute Gasteiger partial charge is 0.0998 e. The van der Waals surface area contributed by atoms with Gasteiger partial charge in [0.1, 0.15) is 0 Å². The van der Waals surface area contributed by atoms with Crippen molar-refractivity contribution in [1.82, 2.24) is 0 Å². The van der Waals surface area contributed by atoms with Crippen molar-refractivity contribution in [1.29, 1.82) is 5.26 Å². The lowest BCUT2D eigenvalue weighted by Gasteiger charge is -2.24. The standard InChI is InChI=1S/C30H21Cl2N3/c31-25-13-16-27(28(32)18-25)24(20-33)17-21-11-14-26(15-12-21)35-30(23-9-5-2-6-10-23)19-29(34-35)22-7-3-1-4-8-22/h1-18,30H,19H2/b24-17+. The Hall–Kier alpha value is -3.84. The first kappa shape index (κ1) is 22.9. The van der Waals surface area contributed by atoms with Crippen molar-refractivity contribution in [3.05, 3.63) is 135 Å². The molecule has 5 heteroatoms. The summed E-state index contributed by atoms with van der Waals surface area (Å²) in [6, 6.07) is 36.3. The molecule has 4 aromatic carbocycles. The Balaban J connectivity index is 1.47. The summed E-state index contributed by atoms with van der Waals surface area (Å²) in [7, 11) is 0. The quantitative estimate of drug-likeness (QED) is 0.206. The van der Waals surface area contributed by atoms with E-state index in [0.717, 1.165) is 28.9 Å². The molecule has 1 aliphatic heterocycles. The Morgan fingerprint density at radius 3 is 2.23 bits per heavy atom. The molecule has 1 heterocycles. The van der Waals surface area contributed by atoms with Gasteiger partial charge in [-0.05, 0) is 47.0 Å². The third-order valence-corrected chi connectivity index (χ3v) is 6.56. The van der Waals surface area contributed by atoms with Gasteiger partial charge in [0.2, 0.25) is 0 Å². The van der Waals surface area contributed by atoms with Crippen LogP contribution in [0.25, 0.3) is 11.6 Å². The molecule has 0 saturated heterocycles. The third kappa shape index (κ3) is 5.00. The molecule has 0 N–H and O–H groups in total. The van der Waals surface area contributed by atoms with Crippen LogP contribution >= 0.6 is 23.2 Å². The normalized spacial score (nSPS) is 15.6. The van der Waals surface area contributed by atoms with Crippen LogP contribution in [-0.4, -0.2) is 5.71 Å². The maximum atomic E-state index is 9.72. The largest absolute Gasteiger partial charge is 0.257 e. The minimum Gasteiger partial charge on any atom is -0.257 e. The Morgan fingerprint density at radius 2 is 1.57 bits per heavy atom. The average Bonchev–Trinajstić information content (AvgIpc) is 3.35. The van der Waals surface area contributed by atoms with Gasteiger partial charge < -0.3 is 0 Å². The van der Waals surface area contributed by atoms with E-state index in [0.29, 0.717) is 21.2 Å². The van der Waals surface area contributed by atoms with E-state index in [9.17, 15) is 5.26 Å². The van der Waals surface area contributed by atoms with Crippen molar-refractivity contribution in [3.63, 3.8) is 0 Å². The molecule has 0 spiro atoms. The van der Waals surface area contributed by atoms with Crippen LogP contribution in [0.15, 0.2) is 108 Å². The molecule has 1 atom stereocenters. The Morgan fingerprint density at radius 1 is 0.886 bits per heavy atom. The van der Waals surface area contributed by atoms with Crippen molar-refractivity contribution in [2.75, 3.05) is 5.01 Å². The van der Waals surface area contributed by atoms with Crippen LogP contribution in [0.4, 0.5) is 5.69 Å². The third-order valence-electron chi connectivity index (χ3n) is 6.01. The van der Waals surface area contributed by atoms with E-state index in [1.54, 1.807) is 18.2 Å². The molecule has 0 aliphatic carbocycles. The molecular formula is C30H21Cl2N3. The molecule has 3 nitrogen and oxygen atoms in total. The van der Waals surface area contributed by atoms with Crippen molar-refractivity contribution < 1.29 is 0 Å². The topological polar surface area (TPSA) is 39.4 Å². The summed E-state index contributed by atoms with van der Waals surface area (Å²) >= 11 is 12.3. The lowest BCUT2D eigenvalue weighted by molar-refractivity contribution is 0.709. The first-order valence-electron chi connectivity index (χ1n) is 11.3. The van der Waals surface area contributed by atoms with Crippen LogP contribution < -0.4 is 5.01 Å². The molecule has 0 fully saturated rings. The average molecular weight is 494 g/mol. The van der Waals surface area contributed by atoms with Gasteiger partial charge in [0.15, 0.2) is 0 Å². The number of hydrazone groups is 1. The lowest BCUT2D eigenvalue weighted by atomic mass is 9.98. The Bertz CT molecular complexity index is 1440. The highest BCUT2D eigenvalue weighted by molar-refractivity contribution is 6.36. The van der Waals surface area contributed by atoms with Crippen molar-refractivity contribution in [2.24, 2.45) is 5.10 Å². The van der Waals surface area contributed by atoms with Crippen LogP contribution in [0.1, 0.15) is 34.7 Å². The molecule has 0 bridgehead atoms. The molecule has 35 heavy (non-hydrogen) atoms. The van der Waals surface area contributed by atoms with Crippen molar-refractivity contribution in [3.8, 4) is 6.07 Å². The van der Waals surface area contributed by atoms with Crippen molar-refractivity contribution in [2.45, 2.75) is 12.5 Å². The second-order valence-electron chi connectivity index (χ2n) is 8.27. The highest BCUT2D eigenvalue weighted by Gasteiger charge is 2.29. The van der Waals surface area contributed by atoms with Crippen LogP contribution in [0.3, 0.4) is 0 Å². The predicted octanol–water partition coefficient (Wildman–Crippen LogP) is 8.41. The number of nitrogens with zero attached hydrogens (tertiary/aromatic N) is 3. The molecule has 5 rings (SSSR count). The summed E-state index contributed by atoms with van der Waals surface area (Å²) in [4.78, 5) is 0. The van der Waals surface area contributed by atoms with Gasteiger partial charge in [-0.1, -0.05) is 102 Å². The van der Waals surface area contributed by atoms with Crippen LogP contribution in [0.5, 0.6) is 0 Å². The Kier molecular flexibility index (Phi) is 6.68. The van der Waals surface area contributed by atoms with Gasteiger partial charge in [0.05, 0.1) is 34.1 Å². The van der Waals surface area contributed by atoms with E-state index in [2.05, 4.69) is 47.5 Å². The summed E-state index contributed by atoms with van der Waals surface area (Å²) in [5.41, 5.74) is 6.44. The second-order valence-corrected chi connectivity index (χ2v) is 9.12. The zero-order chi connectivity index (χ0) is 24.2. The van der Waals surface area contributed by atoms with E-state index in [1.807, 2.05) is 54.6 Å². The summed E-state index contributed by atoms with van der Waals surface area (Å²) < 4.78 is 0. The van der Waals surface area contributed by atoms with E-state index >= 15 is 0 Å². The molecule has 1 aliphatic rings. The highest BCUT2D eigenvalue weighted by Crippen LogP contribution is 2.37. The number of hydrogen-bond donors (Lipinski definition) is 0. The van der Waals surface area contributed by atoms with Crippen LogP contribution in [0.2, 0.25) is 10.0 Å². The number of nitriles is 1. The number of halogens is 2. The highest BCUT2D eigenvalue weighted by atomic mass is 35.5. The zero-order valence-electron chi connectivity index (χ0n) is 18.8. The lowest BCUT2D eigenvalue weighted by Crippen LogP contribution is -2.18. The molecule has 1 unspecified atom stereocenters. The summed E-state index contributed by atoms with van der Waals surface area (Å²) in [6.07, 6.45) is 2.65. The zero-order valence-corrected chi connectivity index (χ0v) is 20.3. The maximum Gasteiger partial charge on any atom is 0.0998 e. The number of benzene rings is 4. The molecule has 170 valence electrons. The van der Waals surface area contributed by atoms with Gasteiger partial charge in [0.25, 0.3) is 0 Å². The van der Waals surface area contributed by atoms with Crippen LogP contribution in [0, 0.1) is 11.3 Å². The molecular weight excluding hydrogens is 473 g/mol. The first-order chi connectivity index (χ1) is 17.1. The fourth-order valence-corrected chi connectivity index (χ4v) is 4.77. The maximum absolute atomic E-state index is 9.72. The molecule has 0 saturated carbocycles. The van der Waals surface area contributed by atoms with Gasteiger partial charge in [-0.2, -0.15) is 10.4 Å². The van der Waals surface area contributed by atoms with Gasteiger partial charge >= 0.3 is 0 Å². The van der Waals surface area contributed by atoms with Gasteiger partial charge in [-0.3, -0.25) is 5.01 Å². The minimum atomic E-state index is 0.107. The summed E-state index contributed by atoms with van der Waals surface area (Å²) in [6.45, 7) is 0. The molecule has 0 amide bonds. The van der Waals surface area contributed by atoms with E-state index < -0.39 is 0 Å². The molecule has 0 aromatic heterocycles. The van der Waals surface area contributed by atoms with E-state index in [1.165, 1.54) is 5.56 Å².